The van der Waals surface area contributed by atoms with Crippen molar-refractivity contribution in [3.05, 3.63) is 17.2 Å². The van der Waals surface area contributed by atoms with Crippen LogP contribution >= 0.6 is 11.6 Å². The molecule has 1 heterocycles. The van der Waals surface area contributed by atoms with Crippen molar-refractivity contribution in [1.82, 2.24) is 9.97 Å². The summed E-state index contributed by atoms with van der Waals surface area (Å²) in [6.45, 7) is 0. The van der Waals surface area contributed by atoms with Gasteiger partial charge in [-0.2, -0.15) is 19.3 Å². The number of imidazole rings is 1. The van der Waals surface area contributed by atoms with Crippen LogP contribution in [0.4, 0.5) is 8.78 Å². The number of H-pyrrole nitrogens is 1. The fourth-order valence-electron chi connectivity index (χ4n) is 0.772. The molecule has 1 rings (SSSR count). The number of nitrogens with one attached hydrogen (secondary N) is 1. The zero-order chi connectivity index (χ0) is 10.8. The van der Waals surface area contributed by atoms with Crippen LogP contribution in [0.1, 0.15) is 17.2 Å². The van der Waals surface area contributed by atoms with E-state index in [4.69, 9.17) is 22.1 Å². The van der Waals surface area contributed by atoms with Gasteiger partial charge in [-0.05, 0) is 0 Å². The second-order valence-corrected chi connectivity index (χ2v) is 2.64. The van der Waals surface area contributed by atoms with Gasteiger partial charge in [0.1, 0.15) is 12.1 Å². The lowest BCUT2D eigenvalue weighted by molar-refractivity contribution is 0.0126. The lowest BCUT2D eigenvalue weighted by atomic mass is 10.4. The van der Waals surface area contributed by atoms with E-state index >= 15 is 0 Å². The van der Waals surface area contributed by atoms with Gasteiger partial charge in [-0.1, -0.05) is 0 Å². The highest BCUT2D eigenvalue weighted by Gasteiger charge is 2.35. The van der Waals surface area contributed by atoms with Crippen LogP contribution in [-0.4, -0.2) is 15.8 Å². The Morgan fingerprint density at radius 2 is 2.07 bits per heavy atom. The highest BCUT2D eigenvalue weighted by molar-refractivity contribution is 6.18. The predicted molar refractivity (Wildman–Crippen MR) is 42.6 cm³/mol. The van der Waals surface area contributed by atoms with Gasteiger partial charge in [-0.25, -0.2) is 4.98 Å². The normalized spacial score (nSPS) is 10.6. The van der Waals surface area contributed by atoms with E-state index in [9.17, 15) is 8.78 Å². The Labute approximate surface area is 82.7 Å². The second-order valence-electron chi connectivity index (χ2n) is 2.37. The van der Waals surface area contributed by atoms with E-state index in [0.29, 0.717) is 0 Å². The average Bonchev–Trinajstić information content (AvgIpc) is 2.61. The minimum absolute atomic E-state index is 0.285. The molecule has 0 aromatic carbocycles. The van der Waals surface area contributed by atoms with E-state index in [1.807, 2.05) is 4.98 Å². The van der Waals surface area contributed by atoms with E-state index in [1.54, 1.807) is 6.07 Å². The van der Waals surface area contributed by atoms with Crippen LogP contribution in [0.3, 0.4) is 0 Å². The van der Waals surface area contributed by atoms with Crippen LogP contribution < -0.4 is 0 Å². The molecule has 0 saturated heterocycles. The summed E-state index contributed by atoms with van der Waals surface area (Å²) in [5.74, 6) is -5.08. The Hall–Kier alpha value is -1.66. The van der Waals surface area contributed by atoms with Gasteiger partial charge in [0.25, 0.3) is 0 Å². The van der Waals surface area contributed by atoms with E-state index in [1.165, 1.54) is 6.07 Å². The molecule has 1 aromatic heterocycles. The number of alkyl halides is 3. The van der Waals surface area contributed by atoms with Crippen molar-refractivity contribution in [3.63, 3.8) is 0 Å². The molecule has 14 heavy (non-hydrogen) atoms. The summed E-state index contributed by atoms with van der Waals surface area (Å²) in [4.78, 5) is 5.31. The van der Waals surface area contributed by atoms with E-state index in [0.717, 1.165) is 0 Å². The van der Waals surface area contributed by atoms with Gasteiger partial charge in [0.2, 0.25) is 0 Å². The molecule has 0 amide bonds. The summed E-state index contributed by atoms with van der Waals surface area (Å²) in [6, 6.07) is 3.07. The summed E-state index contributed by atoms with van der Waals surface area (Å²) >= 11 is 5.00. The molecular formula is C7H3ClF2N4. The maximum absolute atomic E-state index is 12.9. The van der Waals surface area contributed by atoms with Crippen LogP contribution in [0, 0.1) is 22.7 Å². The molecule has 0 radical (unpaired) electrons. The van der Waals surface area contributed by atoms with Gasteiger partial charge in [0, 0.05) is 0 Å². The van der Waals surface area contributed by atoms with Crippen molar-refractivity contribution >= 4 is 11.6 Å². The molecule has 0 aliphatic heterocycles. The standard InChI is InChI=1S/C7H3ClF2N4/c8-3-7(9,10)6-13-4(1-11)5(2-12)14-6/h3H2,(H,13,14). The summed E-state index contributed by atoms with van der Waals surface area (Å²) in [5.41, 5.74) is -0.639. The highest BCUT2D eigenvalue weighted by atomic mass is 35.5. The number of rotatable bonds is 2. The Balaban J connectivity index is 3.23. The zero-order valence-electron chi connectivity index (χ0n) is 6.68. The largest absolute Gasteiger partial charge is 0.328 e. The van der Waals surface area contributed by atoms with Gasteiger partial charge in [-0.3, -0.25) is 0 Å². The lowest BCUT2D eigenvalue weighted by Gasteiger charge is -2.07. The number of nitrogens with zero attached hydrogens (tertiary/aromatic N) is 3. The van der Waals surface area contributed by atoms with Crippen molar-refractivity contribution < 1.29 is 8.78 Å². The average molecular weight is 217 g/mol. The second kappa shape index (κ2) is 3.60. The van der Waals surface area contributed by atoms with E-state index < -0.39 is 17.6 Å². The topological polar surface area (TPSA) is 76.3 Å². The van der Waals surface area contributed by atoms with Crippen molar-refractivity contribution in [2.45, 2.75) is 5.92 Å². The maximum Gasteiger partial charge on any atom is 0.317 e. The number of hydrogen-bond acceptors (Lipinski definition) is 3. The molecule has 0 saturated carbocycles. The van der Waals surface area contributed by atoms with Crippen molar-refractivity contribution in [2.24, 2.45) is 0 Å². The van der Waals surface area contributed by atoms with Crippen LogP contribution in [0.2, 0.25) is 0 Å². The van der Waals surface area contributed by atoms with Crippen molar-refractivity contribution in [2.75, 3.05) is 5.88 Å². The van der Waals surface area contributed by atoms with Crippen LogP contribution in [0.15, 0.2) is 0 Å². The quantitative estimate of drug-likeness (QED) is 0.761. The number of halogens is 3. The van der Waals surface area contributed by atoms with Crippen molar-refractivity contribution in [1.29, 1.82) is 10.5 Å². The van der Waals surface area contributed by atoms with Gasteiger partial charge in [0.15, 0.2) is 17.2 Å². The Kier molecular flexibility index (Phi) is 2.68. The van der Waals surface area contributed by atoms with Crippen LogP contribution in [0.25, 0.3) is 0 Å². The van der Waals surface area contributed by atoms with Crippen LogP contribution in [0.5, 0.6) is 0 Å². The molecule has 1 N–H and O–H groups in total. The Morgan fingerprint density at radius 1 is 1.43 bits per heavy atom. The molecule has 0 fully saturated rings. The first-order valence-corrected chi connectivity index (χ1v) is 3.93. The van der Waals surface area contributed by atoms with Gasteiger partial charge < -0.3 is 4.98 Å². The zero-order valence-corrected chi connectivity index (χ0v) is 7.44. The molecule has 1 aromatic rings. The summed E-state index contributed by atoms with van der Waals surface area (Å²) < 4.78 is 25.8. The fourth-order valence-corrected chi connectivity index (χ4v) is 0.898. The number of aromatic nitrogens is 2. The van der Waals surface area contributed by atoms with Gasteiger partial charge in [0.05, 0.1) is 5.88 Å². The van der Waals surface area contributed by atoms with E-state index in [2.05, 4.69) is 4.98 Å². The lowest BCUT2D eigenvalue weighted by Crippen LogP contribution is -2.17. The smallest absolute Gasteiger partial charge is 0.317 e. The molecule has 0 atom stereocenters. The molecule has 0 aliphatic rings. The molecular weight excluding hydrogens is 214 g/mol. The first kappa shape index (κ1) is 10.4. The third kappa shape index (κ3) is 1.66. The monoisotopic (exact) mass is 216 g/mol. The summed E-state index contributed by atoms with van der Waals surface area (Å²) in [6.07, 6.45) is 0. The maximum atomic E-state index is 12.9. The number of hydrogen-bond donors (Lipinski definition) is 1. The molecule has 0 spiro atoms. The molecule has 7 heteroatoms. The summed E-state index contributed by atoms with van der Waals surface area (Å²) in [7, 11) is 0. The molecule has 0 aliphatic carbocycles. The van der Waals surface area contributed by atoms with Gasteiger partial charge >= 0.3 is 5.92 Å². The Bertz CT molecular complexity index is 394. The Morgan fingerprint density at radius 3 is 2.43 bits per heavy atom. The molecule has 4 nitrogen and oxygen atoms in total. The van der Waals surface area contributed by atoms with Crippen LogP contribution in [-0.2, 0) is 5.92 Å². The highest BCUT2D eigenvalue weighted by Crippen LogP contribution is 2.27. The first-order chi connectivity index (χ1) is 6.55. The predicted octanol–water partition coefficient (Wildman–Crippen LogP) is 1.48. The first-order valence-electron chi connectivity index (χ1n) is 3.39. The summed E-state index contributed by atoms with van der Waals surface area (Å²) in [5, 5.41) is 16.9. The fraction of sp³-hybridized carbons (Fsp3) is 0.286. The molecule has 0 unspecified atom stereocenters. The van der Waals surface area contributed by atoms with Gasteiger partial charge in [-0.15, -0.1) is 11.6 Å². The molecule has 0 bridgehead atoms. The third-order valence-corrected chi connectivity index (χ3v) is 1.77. The number of nitriles is 2. The molecule has 72 valence electrons. The third-order valence-electron chi connectivity index (χ3n) is 1.44. The minimum Gasteiger partial charge on any atom is -0.328 e. The SMILES string of the molecule is N#Cc1nc(C(F)(F)CCl)[nH]c1C#N. The van der Waals surface area contributed by atoms with Crippen molar-refractivity contribution in [3.8, 4) is 12.1 Å². The van der Waals surface area contributed by atoms with E-state index in [-0.39, 0.29) is 11.4 Å². The minimum atomic E-state index is -3.36. The number of aromatic amines is 1.